The van der Waals surface area contributed by atoms with E-state index in [0.717, 1.165) is 31.4 Å². The number of hydrogen-bond donors (Lipinski definition) is 1. The van der Waals surface area contributed by atoms with Gasteiger partial charge < -0.3 is 10.6 Å². The second-order valence-electron chi connectivity index (χ2n) is 5.29. The molecule has 1 aliphatic heterocycles. The van der Waals surface area contributed by atoms with E-state index in [9.17, 15) is 9.18 Å². The van der Waals surface area contributed by atoms with E-state index < -0.39 is 6.04 Å². The highest BCUT2D eigenvalue weighted by atomic mass is 19.1. The minimum atomic E-state index is -0.564. The minimum Gasteiger partial charge on any atom is -0.338 e. The Kier molecular flexibility index (Phi) is 4.90. The van der Waals surface area contributed by atoms with Gasteiger partial charge in [0, 0.05) is 12.6 Å². The number of amides is 1. The van der Waals surface area contributed by atoms with E-state index in [1.54, 1.807) is 12.1 Å². The molecule has 1 aliphatic rings. The molecule has 2 unspecified atom stereocenters. The predicted octanol–water partition coefficient (Wildman–Crippen LogP) is 2.26. The van der Waals surface area contributed by atoms with Crippen LogP contribution in [-0.4, -0.2) is 29.4 Å². The molecule has 0 spiro atoms. The summed E-state index contributed by atoms with van der Waals surface area (Å²) in [5.41, 5.74) is 6.90. The second-order valence-corrected chi connectivity index (χ2v) is 5.29. The zero-order chi connectivity index (χ0) is 14.5. The number of likely N-dealkylation sites (tertiary alicyclic amines) is 1. The van der Waals surface area contributed by atoms with Gasteiger partial charge in [-0.2, -0.15) is 0 Å². The van der Waals surface area contributed by atoms with Gasteiger partial charge in [0.2, 0.25) is 5.91 Å². The molecule has 1 aromatic carbocycles. The third-order valence-corrected chi connectivity index (χ3v) is 3.79. The highest BCUT2D eigenvalue weighted by molar-refractivity contribution is 5.82. The Morgan fingerprint density at radius 3 is 2.85 bits per heavy atom. The number of rotatable bonds is 5. The Morgan fingerprint density at radius 2 is 2.20 bits per heavy atom. The van der Waals surface area contributed by atoms with Crippen LogP contribution in [0.4, 0.5) is 4.39 Å². The van der Waals surface area contributed by atoms with E-state index in [-0.39, 0.29) is 17.8 Å². The van der Waals surface area contributed by atoms with Gasteiger partial charge in [-0.15, -0.1) is 6.58 Å². The van der Waals surface area contributed by atoms with E-state index >= 15 is 0 Å². The Bertz CT molecular complexity index is 472. The first-order valence-corrected chi connectivity index (χ1v) is 7.03. The summed E-state index contributed by atoms with van der Waals surface area (Å²) in [4.78, 5) is 14.3. The third kappa shape index (κ3) is 3.45. The fourth-order valence-electron chi connectivity index (χ4n) is 2.74. The molecule has 0 aromatic heterocycles. The fourth-order valence-corrected chi connectivity index (χ4v) is 2.74. The average molecular weight is 276 g/mol. The van der Waals surface area contributed by atoms with Crippen molar-refractivity contribution in [3.63, 3.8) is 0 Å². The molecule has 1 heterocycles. The van der Waals surface area contributed by atoms with Crippen molar-refractivity contribution in [1.29, 1.82) is 0 Å². The summed E-state index contributed by atoms with van der Waals surface area (Å²) in [6, 6.07) is 5.80. The molecule has 0 aliphatic carbocycles. The van der Waals surface area contributed by atoms with Gasteiger partial charge in [-0.3, -0.25) is 4.79 Å². The molecule has 108 valence electrons. The van der Waals surface area contributed by atoms with Gasteiger partial charge in [-0.25, -0.2) is 4.39 Å². The van der Waals surface area contributed by atoms with Crippen LogP contribution in [0.1, 0.15) is 24.8 Å². The zero-order valence-corrected chi connectivity index (χ0v) is 11.6. The summed E-state index contributed by atoms with van der Waals surface area (Å²) < 4.78 is 12.8. The fraction of sp³-hybridized carbons (Fsp3) is 0.438. The first-order valence-electron chi connectivity index (χ1n) is 7.03. The molecule has 0 bridgehead atoms. The van der Waals surface area contributed by atoms with E-state index in [1.165, 1.54) is 12.1 Å². The van der Waals surface area contributed by atoms with Crippen LogP contribution < -0.4 is 5.73 Å². The van der Waals surface area contributed by atoms with Crippen LogP contribution in [0.15, 0.2) is 36.9 Å². The van der Waals surface area contributed by atoms with Gasteiger partial charge in [-0.1, -0.05) is 18.2 Å². The first kappa shape index (κ1) is 14.7. The maximum absolute atomic E-state index is 12.8. The van der Waals surface area contributed by atoms with E-state index in [0.29, 0.717) is 6.42 Å². The molecular weight excluding hydrogens is 255 g/mol. The van der Waals surface area contributed by atoms with Crippen LogP contribution in [0.5, 0.6) is 0 Å². The lowest BCUT2D eigenvalue weighted by Crippen LogP contribution is -2.46. The quantitative estimate of drug-likeness (QED) is 0.839. The van der Waals surface area contributed by atoms with E-state index in [1.807, 2.05) is 11.0 Å². The van der Waals surface area contributed by atoms with Gasteiger partial charge in [-0.05, 0) is 43.4 Å². The number of benzene rings is 1. The van der Waals surface area contributed by atoms with Crippen molar-refractivity contribution in [3.8, 4) is 0 Å². The summed E-state index contributed by atoms with van der Waals surface area (Å²) in [5, 5.41) is 0. The molecule has 0 radical (unpaired) electrons. The molecule has 1 saturated heterocycles. The summed E-state index contributed by atoms with van der Waals surface area (Å²) in [5.74, 6) is -0.294. The average Bonchev–Trinajstić information content (AvgIpc) is 2.89. The Hall–Kier alpha value is -1.68. The maximum atomic E-state index is 12.8. The summed E-state index contributed by atoms with van der Waals surface area (Å²) in [6.45, 7) is 4.51. The number of nitrogens with two attached hydrogens (primary N) is 1. The molecule has 1 aromatic rings. The SMILES string of the molecule is C=CCC1CCCN1C(=O)C(N)Cc1ccc(F)cc1. The number of hydrogen-bond acceptors (Lipinski definition) is 2. The predicted molar refractivity (Wildman–Crippen MR) is 77.6 cm³/mol. The molecular formula is C16H21FN2O. The van der Waals surface area contributed by atoms with Crippen LogP contribution >= 0.6 is 0 Å². The van der Waals surface area contributed by atoms with Gasteiger partial charge in [0.25, 0.3) is 0 Å². The van der Waals surface area contributed by atoms with Crippen molar-refractivity contribution in [3.05, 3.63) is 48.3 Å². The molecule has 4 heteroatoms. The van der Waals surface area contributed by atoms with Crippen molar-refractivity contribution in [1.82, 2.24) is 4.90 Å². The van der Waals surface area contributed by atoms with Crippen molar-refractivity contribution >= 4 is 5.91 Å². The lowest BCUT2D eigenvalue weighted by Gasteiger charge is -2.26. The van der Waals surface area contributed by atoms with Crippen molar-refractivity contribution in [2.75, 3.05) is 6.54 Å². The van der Waals surface area contributed by atoms with Crippen LogP contribution in [0.2, 0.25) is 0 Å². The highest BCUT2D eigenvalue weighted by Crippen LogP contribution is 2.21. The molecule has 0 saturated carbocycles. The lowest BCUT2D eigenvalue weighted by molar-refractivity contribution is -0.133. The summed E-state index contributed by atoms with van der Waals surface area (Å²) >= 11 is 0. The molecule has 20 heavy (non-hydrogen) atoms. The smallest absolute Gasteiger partial charge is 0.240 e. The Balaban J connectivity index is 1.97. The first-order chi connectivity index (χ1) is 9.61. The topological polar surface area (TPSA) is 46.3 Å². The van der Waals surface area contributed by atoms with Gasteiger partial charge >= 0.3 is 0 Å². The van der Waals surface area contributed by atoms with Crippen molar-refractivity contribution < 1.29 is 9.18 Å². The van der Waals surface area contributed by atoms with Crippen LogP contribution in [0, 0.1) is 5.82 Å². The maximum Gasteiger partial charge on any atom is 0.240 e. The lowest BCUT2D eigenvalue weighted by atomic mass is 10.0. The molecule has 2 N–H and O–H groups in total. The highest BCUT2D eigenvalue weighted by Gasteiger charge is 2.30. The third-order valence-electron chi connectivity index (χ3n) is 3.79. The largest absolute Gasteiger partial charge is 0.338 e. The van der Waals surface area contributed by atoms with Crippen LogP contribution in [0.25, 0.3) is 0 Å². The second kappa shape index (κ2) is 6.66. The van der Waals surface area contributed by atoms with E-state index in [4.69, 9.17) is 5.73 Å². The molecule has 2 rings (SSSR count). The molecule has 1 fully saturated rings. The zero-order valence-electron chi connectivity index (χ0n) is 11.6. The summed E-state index contributed by atoms with van der Waals surface area (Å²) in [7, 11) is 0. The van der Waals surface area contributed by atoms with Gasteiger partial charge in [0.15, 0.2) is 0 Å². The molecule has 3 nitrogen and oxygen atoms in total. The van der Waals surface area contributed by atoms with Gasteiger partial charge in [0.05, 0.1) is 6.04 Å². The van der Waals surface area contributed by atoms with Crippen LogP contribution in [0.3, 0.4) is 0 Å². The standard InChI is InChI=1S/C16H21FN2O/c1-2-4-14-5-3-10-19(14)16(20)15(18)11-12-6-8-13(17)9-7-12/h2,6-9,14-15H,1,3-5,10-11,18H2. The van der Waals surface area contributed by atoms with Crippen molar-refractivity contribution in [2.45, 2.75) is 37.8 Å². The molecule has 2 atom stereocenters. The number of nitrogens with zero attached hydrogens (tertiary/aromatic N) is 1. The normalized spacial score (nSPS) is 19.9. The van der Waals surface area contributed by atoms with Crippen LogP contribution in [-0.2, 0) is 11.2 Å². The van der Waals surface area contributed by atoms with Gasteiger partial charge in [0.1, 0.15) is 5.82 Å². The number of halogens is 1. The summed E-state index contributed by atoms with van der Waals surface area (Å²) in [6.07, 6.45) is 5.14. The monoisotopic (exact) mass is 276 g/mol. The number of carbonyl (C=O) groups is 1. The van der Waals surface area contributed by atoms with E-state index in [2.05, 4.69) is 6.58 Å². The Morgan fingerprint density at radius 1 is 1.50 bits per heavy atom. The van der Waals surface area contributed by atoms with Crippen molar-refractivity contribution in [2.24, 2.45) is 5.73 Å². The minimum absolute atomic E-state index is 0.0151. The number of carbonyl (C=O) groups excluding carboxylic acids is 1. The molecule has 1 amide bonds. The Labute approximate surface area is 119 Å².